The van der Waals surface area contributed by atoms with Crippen molar-refractivity contribution in [1.29, 1.82) is 0 Å². The zero-order valence-corrected chi connectivity index (χ0v) is 21.8. The van der Waals surface area contributed by atoms with Gasteiger partial charge in [0.15, 0.2) is 16.9 Å². The number of imide groups is 1. The summed E-state index contributed by atoms with van der Waals surface area (Å²) in [6, 6.07) is 7.73. The molecular weight excluding hydrogens is 512 g/mol. The van der Waals surface area contributed by atoms with Crippen molar-refractivity contribution in [1.82, 2.24) is 10.3 Å². The van der Waals surface area contributed by atoms with Crippen LogP contribution in [0, 0.1) is 5.92 Å². The Labute approximate surface area is 223 Å². The van der Waals surface area contributed by atoms with Crippen LogP contribution in [0.25, 0.3) is 0 Å². The van der Waals surface area contributed by atoms with E-state index in [2.05, 4.69) is 15.6 Å². The molecule has 0 bridgehead atoms. The van der Waals surface area contributed by atoms with Crippen LogP contribution in [0.5, 0.6) is 0 Å². The second kappa shape index (κ2) is 10.9. The fourth-order valence-electron chi connectivity index (χ4n) is 5.40. The Morgan fingerprint density at radius 1 is 1.21 bits per heavy atom. The molecule has 2 atom stereocenters. The van der Waals surface area contributed by atoms with E-state index in [0.717, 1.165) is 42.6 Å². The Balaban J connectivity index is 1.55. The largest absolute Gasteiger partial charge is 0.464 e. The molecule has 1 aromatic heterocycles. The Bertz CT molecular complexity index is 1250. The Hall–Kier alpha value is -3.77. The minimum atomic E-state index is -1.12. The van der Waals surface area contributed by atoms with Crippen molar-refractivity contribution in [3.8, 4) is 0 Å². The lowest BCUT2D eigenvalue weighted by molar-refractivity contribution is -0.764. The van der Waals surface area contributed by atoms with Gasteiger partial charge in [-0.15, -0.1) is 11.3 Å². The van der Waals surface area contributed by atoms with Crippen LogP contribution in [0.2, 0.25) is 0 Å². The molecule has 3 aliphatic rings. The molecule has 3 heterocycles. The number of carbonyl (C=O) groups excluding carboxylic acids is 4. The van der Waals surface area contributed by atoms with Crippen LogP contribution < -0.4 is 10.6 Å². The van der Waals surface area contributed by atoms with E-state index in [4.69, 9.17) is 14.2 Å². The molecule has 1 unspecified atom stereocenters. The number of nitrogens with zero attached hydrogens (tertiary/aromatic N) is 2. The van der Waals surface area contributed by atoms with Gasteiger partial charge in [-0.2, -0.15) is 0 Å². The lowest BCUT2D eigenvalue weighted by Gasteiger charge is -2.34. The van der Waals surface area contributed by atoms with Crippen LogP contribution in [0.3, 0.4) is 0 Å². The zero-order valence-electron chi connectivity index (χ0n) is 20.9. The highest BCUT2D eigenvalue weighted by Crippen LogP contribution is 2.40. The van der Waals surface area contributed by atoms with Gasteiger partial charge in [0.05, 0.1) is 7.11 Å². The van der Waals surface area contributed by atoms with Crippen LogP contribution >= 0.6 is 11.3 Å². The number of aromatic nitrogens is 1. The zero-order chi connectivity index (χ0) is 26.7. The third-order valence-electron chi connectivity index (χ3n) is 7.23. The van der Waals surface area contributed by atoms with Gasteiger partial charge in [0.25, 0.3) is 5.91 Å². The van der Waals surface area contributed by atoms with E-state index in [1.165, 1.54) is 12.5 Å². The molecule has 0 radical (unpaired) electrons. The van der Waals surface area contributed by atoms with Gasteiger partial charge in [-0.3, -0.25) is 15.4 Å². The Morgan fingerprint density at radius 2 is 1.97 bits per heavy atom. The fourth-order valence-corrected chi connectivity index (χ4v) is 6.09. The standard InChI is InChI=1S/C26H28N4O7S/c1-35-24(33)18-14-38-25(28-18)29-22(32)19(11-16-9-5-6-10-16)30(21(31)13-27-26(30)34)23-20(36-15-37-23)12-17-7-3-2-4-8-17/h2-4,7-8,14,16,19H,5-6,9-13,15H2,1H3,(H-,27,28,29,32,34)/p+1/t19-,30?/m0/s1. The first kappa shape index (κ1) is 25.9. The molecule has 2 aromatic rings. The normalized spacial score (nSPS) is 22.1. The number of rotatable bonds is 9. The molecule has 2 N–H and O–H groups in total. The molecule has 1 aromatic carbocycles. The molecule has 2 fully saturated rings. The molecule has 38 heavy (non-hydrogen) atoms. The van der Waals surface area contributed by atoms with Crippen molar-refractivity contribution in [2.24, 2.45) is 5.92 Å². The summed E-state index contributed by atoms with van der Waals surface area (Å²) in [7, 11) is 1.24. The first-order valence-electron chi connectivity index (χ1n) is 12.5. The van der Waals surface area contributed by atoms with Crippen LogP contribution in [-0.4, -0.2) is 59.8 Å². The quantitative estimate of drug-likeness (QED) is 0.281. The molecular formula is C26H29N4O7S+. The second-order valence-corrected chi connectivity index (χ2v) is 10.4. The fraction of sp³-hybridized carbons (Fsp3) is 0.423. The number of ether oxygens (including phenoxy) is 3. The van der Waals surface area contributed by atoms with E-state index < -0.39 is 34.3 Å². The van der Waals surface area contributed by atoms with Gasteiger partial charge >= 0.3 is 23.8 Å². The number of hydrogen-bond acceptors (Lipinski definition) is 9. The number of methoxy groups -OCH3 is 1. The molecule has 0 spiro atoms. The van der Waals surface area contributed by atoms with E-state index in [1.807, 2.05) is 30.3 Å². The van der Waals surface area contributed by atoms with E-state index in [-0.39, 0.29) is 36.0 Å². The van der Waals surface area contributed by atoms with Gasteiger partial charge in [-0.05, 0) is 11.5 Å². The summed E-state index contributed by atoms with van der Waals surface area (Å²) in [5, 5.41) is 7.01. The van der Waals surface area contributed by atoms with Crippen molar-refractivity contribution < 1.29 is 37.9 Å². The summed E-state index contributed by atoms with van der Waals surface area (Å²) in [4.78, 5) is 57.2. The number of amides is 4. The predicted octanol–water partition coefficient (Wildman–Crippen LogP) is 3.30. The van der Waals surface area contributed by atoms with Gasteiger partial charge in [0.2, 0.25) is 12.6 Å². The number of benzene rings is 1. The Kier molecular flexibility index (Phi) is 7.43. The number of esters is 1. The highest BCUT2D eigenvalue weighted by atomic mass is 32.1. The number of urea groups is 1. The third kappa shape index (κ3) is 4.76. The maximum Gasteiger partial charge on any atom is 0.433 e. The lowest BCUT2D eigenvalue weighted by atomic mass is 9.95. The van der Waals surface area contributed by atoms with Crippen LogP contribution in [0.4, 0.5) is 9.93 Å². The van der Waals surface area contributed by atoms with E-state index in [9.17, 15) is 19.2 Å². The highest BCUT2D eigenvalue weighted by molar-refractivity contribution is 7.14. The highest BCUT2D eigenvalue weighted by Gasteiger charge is 2.65. The third-order valence-corrected chi connectivity index (χ3v) is 7.99. The average molecular weight is 542 g/mol. The van der Waals surface area contributed by atoms with Crippen LogP contribution in [0.1, 0.15) is 48.2 Å². The summed E-state index contributed by atoms with van der Waals surface area (Å²) in [5.74, 6) is -1.14. The maximum absolute atomic E-state index is 13.9. The van der Waals surface area contributed by atoms with Crippen molar-refractivity contribution in [2.45, 2.75) is 44.6 Å². The predicted molar refractivity (Wildman–Crippen MR) is 135 cm³/mol. The molecule has 1 aliphatic carbocycles. The van der Waals surface area contributed by atoms with Crippen LogP contribution in [-0.2, 0) is 30.2 Å². The SMILES string of the molecule is COC(=O)c1csc(NC(=O)[C@H](CC2CCCC2)[N+]2(C3=C(Cc4ccccc4)OCO3)C(=O)CNC2=O)n1. The second-order valence-electron chi connectivity index (χ2n) is 9.49. The smallest absolute Gasteiger partial charge is 0.433 e. The topological polar surface area (TPSA) is 133 Å². The lowest BCUT2D eigenvalue weighted by Crippen LogP contribution is -2.63. The van der Waals surface area contributed by atoms with Gasteiger partial charge in [-0.1, -0.05) is 60.5 Å². The van der Waals surface area contributed by atoms with Crippen molar-refractivity contribution in [2.75, 3.05) is 25.8 Å². The van der Waals surface area contributed by atoms with Gasteiger partial charge in [0.1, 0.15) is 6.54 Å². The molecule has 11 nitrogen and oxygen atoms in total. The molecule has 200 valence electrons. The minimum absolute atomic E-state index is 0.0430. The first-order chi connectivity index (χ1) is 18.4. The number of quaternary nitrogens is 1. The molecule has 2 aliphatic heterocycles. The molecule has 5 rings (SSSR count). The summed E-state index contributed by atoms with van der Waals surface area (Å²) in [6.07, 6.45) is 4.44. The van der Waals surface area contributed by atoms with Crippen LogP contribution in [0.15, 0.2) is 47.4 Å². The molecule has 1 saturated carbocycles. The molecule has 4 amide bonds. The summed E-state index contributed by atoms with van der Waals surface area (Å²) < 4.78 is 15.4. The summed E-state index contributed by atoms with van der Waals surface area (Å²) >= 11 is 1.06. The Morgan fingerprint density at radius 3 is 2.66 bits per heavy atom. The number of anilines is 1. The minimum Gasteiger partial charge on any atom is -0.464 e. The van der Waals surface area contributed by atoms with Crippen molar-refractivity contribution >= 4 is 40.3 Å². The van der Waals surface area contributed by atoms with E-state index in [1.54, 1.807) is 0 Å². The van der Waals surface area contributed by atoms with Crippen molar-refractivity contribution in [3.05, 3.63) is 58.6 Å². The summed E-state index contributed by atoms with van der Waals surface area (Å²) in [5.41, 5.74) is 0.963. The number of carbonyl (C=O) groups is 4. The molecule has 1 saturated heterocycles. The van der Waals surface area contributed by atoms with Gasteiger partial charge < -0.3 is 14.2 Å². The molecule has 12 heteroatoms. The maximum atomic E-state index is 13.9. The number of hydrogen-bond donors (Lipinski definition) is 2. The van der Waals surface area contributed by atoms with E-state index in [0.29, 0.717) is 18.6 Å². The first-order valence-corrected chi connectivity index (χ1v) is 13.4. The van der Waals surface area contributed by atoms with E-state index >= 15 is 0 Å². The summed E-state index contributed by atoms with van der Waals surface area (Å²) in [6.45, 7) is -0.396. The number of nitrogens with one attached hydrogen (secondary N) is 2. The van der Waals surface area contributed by atoms with Gasteiger partial charge in [-0.25, -0.2) is 19.4 Å². The average Bonchev–Trinajstić information content (AvgIpc) is 3.73. The number of allylic oxidation sites excluding steroid dienone is 1. The van der Waals surface area contributed by atoms with Gasteiger partial charge in [0, 0.05) is 18.2 Å². The number of thiazole rings is 1. The monoisotopic (exact) mass is 541 g/mol. The van der Waals surface area contributed by atoms with Crippen molar-refractivity contribution in [3.63, 3.8) is 0 Å².